The van der Waals surface area contributed by atoms with Crippen LogP contribution in [0.3, 0.4) is 0 Å². The van der Waals surface area contributed by atoms with Gasteiger partial charge in [-0.15, -0.1) is 0 Å². The van der Waals surface area contributed by atoms with Crippen molar-refractivity contribution in [3.05, 3.63) is 35.9 Å². The van der Waals surface area contributed by atoms with Gasteiger partial charge < -0.3 is 4.74 Å². The largest absolute Gasteiger partial charge is 0.460 e. The minimum absolute atomic E-state index is 0.0124. The molecular formula is C22H33NO2. The summed E-state index contributed by atoms with van der Waals surface area (Å²) in [4.78, 5) is 15.2. The Hall–Kier alpha value is -1.35. The molecule has 1 unspecified atom stereocenters. The maximum Gasteiger partial charge on any atom is 0.323 e. The van der Waals surface area contributed by atoms with Gasteiger partial charge in [0, 0.05) is 0 Å². The Morgan fingerprint density at radius 1 is 1.00 bits per heavy atom. The molecule has 0 spiro atoms. The SMILES string of the molecule is O=C(OCc1ccccc1)C(CCC1CCCCC1)N1CCCCC1. The summed E-state index contributed by atoms with van der Waals surface area (Å²) in [5, 5.41) is 0. The summed E-state index contributed by atoms with van der Waals surface area (Å²) in [6, 6.07) is 9.98. The summed E-state index contributed by atoms with van der Waals surface area (Å²) >= 11 is 0. The molecule has 1 aromatic rings. The maximum atomic E-state index is 12.8. The number of nitrogens with zero attached hydrogens (tertiary/aromatic N) is 1. The average Bonchev–Trinajstić information content (AvgIpc) is 2.69. The predicted molar refractivity (Wildman–Crippen MR) is 101 cm³/mol. The van der Waals surface area contributed by atoms with Crippen LogP contribution in [-0.2, 0) is 16.1 Å². The number of carbonyl (C=O) groups is 1. The molecule has 1 saturated heterocycles. The van der Waals surface area contributed by atoms with E-state index in [1.165, 1.54) is 57.8 Å². The van der Waals surface area contributed by atoms with Crippen LogP contribution < -0.4 is 0 Å². The van der Waals surface area contributed by atoms with E-state index >= 15 is 0 Å². The zero-order valence-electron chi connectivity index (χ0n) is 15.5. The quantitative estimate of drug-likeness (QED) is 0.656. The van der Waals surface area contributed by atoms with Gasteiger partial charge in [-0.1, -0.05) is 68.9 Å². The number of rotatable bonds is 7. The van der Waals surface area contributed by atoms with Gasteiger partial charge in [0.1, 0.15) is 12.6 Å². The number of hydrogen-bond donors (Lipinski definition) is 0. The van der Waals surface area contributed by atoms with E-state index < -0.39 is 0 Å². The van der Waals surface area contributed by atoms with Crippen molar-refractivity contribution in [3.63, 3.8) is 0 Å². The lowest BCUT2D eigenvalue weighted by Crippen LogP contribution is -2.45. The van der Waals surface area contributed by atoms with Gasteiger partial charge in [0.2, 0.25) is 0 Å². The maximum absolute atomic E-state index is 12.8. The van der Waals surface area contributed by atoms with Crippen molar-refractivity contribution >= 4 is 5.97 Å². The van der Waals surface area contributed by atoms with E-state index in [1.807, 2.05) is 30.3 Å². The van der Waals surface area contributed by atoms with Crippen LogP contribution in [0.1, 0.15) is 69.8 Å². The third-order valence-electron chi connectivity index (χ3n) is 5.90. The number of piperidine rings is 1. The van der Waals surface area contributed by atoms with Crippen LogP contribution in [-0.4, -0.2) is 30.0 Å². The number of esters is 1. The van der Waals surface area contributed by atoms with Crippen molar-refractivity contribution in [2.24, 2.45) is 5.92 Å². The first-order chi connectivity index (χ1) is 12.3. The molecule has 1 aliphatic carbocycles. The fourth-order valence-electron chi connectivity index (χ4n) is 4.37. The Kier molecular flexibility index (Phi) is 7.35. The normalized spacial score (nSPS) is 21.0. The van der Waals surface area contributed by atoms with E-state index in [2.05, 4.69) is 4.90 Å². The van der Waals surface area contributed by atoms with Crippen LogP contribution in [0, 0.1) is 5.92 Å². The van der Waals surface area contributed by atoms with E-state index in [4.69, 9.17) is 4.74 Å². The van der Waals surface area contributed by atoms with Crippen molar-refractivity contribution in [2.45, 2.75) is 76.9 Å². The summed E-state index contributed by atoms with van der Waals surface area (Å²) < 4.78 is 5.70. The van der Waals surface area contributed by atoms with E-state index in [9.17, 15) is 4.79 Å². The minimum atomic E-state index is -0.0362. The minimum Gasteiger partial charge on any atom is -0.460 e. The van der Waals surface area contributed by atoms with Gasteiger partial charge in [-0.3, -0.25) is 9.69 Å². The molecule has 1 aliphatic heterocycles. The molecule has 0 aromatic heterocycles. The molecule has 3 rings (SSSR count). The predicted octanol–water partition coefficient (Wildman–Crippen LogP) is 4.94. The summed E-state index contributed by atoms with van der Waals surface area (Å²) in [6.45, 7) is 2.50. The lowest BCUT2D eigenvalue weighted by atomic mass is 9.85. The summed E-state index contributed by atoms with van der Waals surface area (Å²) in [7, 11) is 0. The molecule has 0 radical (unpaired) electrons. The van der Waals surface area contributed by atoms with E-state index in [0.29, 0.717) is 6.61 Å². The van der Waals surface area contributed by atoms with Crippen LogP contribution in [0.4, 0.5) is 0 Å². The lowest BCUT2D eigenvalue weighted by molar-refractivity contribution is -0.152. The molecule has 138 valence electrons. The Morgan fingerprint density at radius 2 is 1.68 bits per heavy atom. The fraction of sp³-hybridized carbons (Fsp3) is 0.682. The Bertz CT molecular complexity index is 504. The highest BCUT2D eigenvalue weighted by Gasteiger charge is 2.29. The van der Waals surface area contributed by atoms with Gasteiger partial charge in [-0.05, 0) is 50.3 Å². The molecule has 1 heterocycles. The molecule has 0 N–H and O–H groups in total. The molecule has 1 saturated carbocycles. The second-order valence-corrected chi connectivity index (χ2v) is 7.79. The molecule has 1 atom stereocenters. The first-order valence-electron chi connectivity index (χ1n) is 10.3. The molecule has 0 bridgehead atoms. The monoisotopic (exact) mass is 343 g/mol. The highest BCUT2D eigenvalue weighted by Crippen LogP contribution is 2.29. The van der Waals surface area contributed by atoms with Gasteiger partial charge in [-0.2, -0.15) is 0 Å². The molecule has 0 amide bonds. The average molecular weight is 344 g/mol. The van der Waals surface area contributed by atoms with Crippen molar-refractivity contribution in [2.75, 3.05) is 13.1 Å². The Balaban J connectivity index is 1.55. The molecule has 2 fully saturated rings. The highest BCUT2D eigenvalue weighted by atomic mass is 16.5. The van der Waals surface area contributed by atoms with Crippen LogP contribution >= 0.6 is 0 Å². The first-order valence-corrected chi connectivity index (χ1v) is 10.3. The molecular weight excluding hydrogens is 310 g/mol. The summed E-state index contributed by atoms with van der Waals surface area (Å²) in [6.07, 6.45) is 12.7. The zero-order valence-corrected chi connectivity index (χ0v) is 15.5. The topological polar surface area (TPSA) is 29.5 Å². The van der Waals surface area contributed by atoms with E-state index in [0.717, 1.165) is 31.0 Å². The van der Waals surface area contributed by atoms with Crippen molar-refractivity contribution < 1.29 is 9.53 Å². The van der Waals surface area contributed by atoms with Crippen LogP contribution in [0.2, 0.25) is 0 Å². The Morgan fingerprint density at radius 3 is 2.40 bits per heavy atom. The second-order valence-electron chi connectivity index (χ2n) is 7.79. The summed E-state index contributed by atoms with van der Waals surface area (Å²) in [5.41, 5.74) is 1.07. The summed E-state index contributed by atoms with van der Waals surface area (Å²) in [5.74, 6) is 0.810. The molecule has 3 heteroatoms. The molecule has 1 aromatic carbocycles. The van der Waals surface area contributed by atoms with Gasteiger partial charge in [0.05, 0.1) is 0 Å². The third kappa shape index (κ3) is 5.85. The van der Waals surface area contributed by atoms with Gasteiger partial charge in [0.15, 0.2) is 0 Å². The van der Waals surface area contributed by atoms with Crippen LogP contribution in [0.25, 0.3) is 0 Å². The lowest BCUT2D eigenvalue weighted by Gasteiger charge is -2.34. The van der Waals surface area contributed by atoms with Crippen LogP contribution in [0.5, 0.6) is 0 Å². The van der Waals surface area contributed by atoms with Gasteiger partial charge >= 0.3 is 5.97 Å². The standard InChI is InChI=1S/C22H33NO2/c24-22(25-18-20-12-6-2-7-13-20)21(23-16-8-3-9-17-23)15-14-19-10-4-1-5-11-19/h2,6-7,12-13,19,21H,1,3-5,8-11,14-18H2. The Labute approximate surface area is 152 Å². The highest BCUT2D eigenvalue weighted by molar-refractivity contribution is 5.75. The van der Waals surface area contributed by atoms with E-state index in [-0.39, 0.29) is 12.0 Å². The van der Waals surface area contributed by atoms with Crippen molar-refractivity contribution in [1.82, 2.24) is 4.90 Å². The molecule has 3 nitrogen and oxygen atoms in total. The number of benzene rings is 1. The van der Waals surface area contributed by atoms with Gasteiger partial charge in [-0.25, -0.2) is 0 Å². The molecule has 25 heavy (non-hydrogen) atoms. The number of carbonyl (C=O) groups excluding carboxylic acids is 1. The van der Waals surface area contributed by atoms with Crippen molar-refractivity contribution in [3.8, 4) is 0 Å². The fourth-order valence-corrected chi connectivity index (χ4v) is 4.37. The smallest absolute Gasteiger partial charge is 0.323 e. The van der Waals surface area contributed by atoms with Crippen molar-refractivity contribution in [1.29, 1.82) is 0 Å². The van der Waals surface area contributed by atoms with E-state index in [1.54, 1.807) is 0 Å². The number of ether oxygens (including phenoxy) is 1. The van der Waals surface area contributed by atoms with Crippen LogP contribution in [0.15, 0.2) is 30.3 Å². The number of likely N-dealkylation sites (tertiary alicyclic amines) is 1. The molecule has 2 aliphatic rings. The second kappa shape index (κ2) is 9.96. The third-order valence-corrected chi connectivity index (χ3v) is 5.90. The first kappa shape index (κ1) is 18.4. The zero-order chi connectivity index (χ0) is 17.3. The van der Waals surface area contributed by atoms with Gasteiger partial charge in [0.25, 0.3) is 0 Å². The number of hydrogen-bond acceptors (Lipinski definition) is 3.